The molecule has 5 heterocycles. The summed E-state index contributed by atoms with van der Waals surface area (Å²) in [7, 11) is 1.52. The Morgan fingerprint density at radius 3 is 2.59 bits per heavy atom. The molecule has 0 aromatic carbocycles. The van der Waals surface area contributed by atoms with Crippen molar-refractivity contribution in [3.8, 4) is 16.9 Å². The molecule has 1 aliphatic rings. The number of pyridine rings is 3. The monoisotopic (exact) mass is 554 g/mol. The van der Waals surface area contributed by atoms with Gasteiger partial charge in [0.05, 0.1) is 42.5 Å². The summed E-state index contributed by atoms with van der Waals surface area (Å²) in [6.45, 7) is 4.35. The molecule has 0 unspecified atom stereocenters. The standard InChI is InChI=1S/C25H20Cl2N6O3S/c1-12-4-5-17(30-22(12)27)24(35)33-10-18-20(11-33)37-25(31-18)32-23(34)16-8-28-13(2)6-14(16)15-7-21(26)29-9-19(15)36-3/h4-9H,10-11H2,1-3H3,(H,31,32,34). The number of methoxy groups -OCH3 is 1. The highest BCUT2D eigenvalue weighted by Crippen LogP contribution is 2.35. The van der Waals surface area contributed by atoms with Crippen molar-refractivity contribution in [2.45, 2.75) is 26.9 Å². The molecule has 2 amide bonds. The Morgan fingerprint density at radius 1 is 1.05 bits per heavy atom. The Hall–Kier alpha value is -3.60. The van der Waals surface area contributed by atoms with Crippen LogP contribution in [0.4, 0.5) is 5.13 Å². The van der Waals surface area contributed by atoms with E-state index in [-0.39, 0.29) is 22.7 Å². The van der Waals surface area contributed by atoms with Crippen molar-refractivity contribution in [1.29, 1.82) is 0 Å². The van der Waals surface area contributed by atoms with Crippen LogP contribution in [0.1, 0.15) is 42.7 Å². The highest BCUT2D eigenvalue weighted by atomic mass is 35.5. The van der Waals surface area contributed by atoms with E-state index in [1.54, 1.807) is 29.2 Å². The molecule has 12 heteroatoms. The second kappa shape index (κ2) is 10.0. The SMILES string of the molecule is COc1cnc(Cl)cc1-c1cc(C)ncc1C(=O)Nc1nc2c(s1)CN(C(=O)c1ccc(C)c(Cl)n1)C2. The number of amides is 2. The van der Waals surface area contributed by atoms with Crippen LogP contribution < -0.4 is 10.1 Å². The maximum Gasteiger partial charge on any atom is 0.273 e. The van der Waals surface area contributed by atoms with Crippen LogP contribution in [-0.2, 0) is 13.1 Å². The van der Waals surface area contributed by atoms with Crippen LogP contribution in [0.5, 0.6) is 5.75 Å². The number of aromatic nitrogens is 4. The first-order valence-electron chi connectivity index (χ1n) is 11.1. The number of hydrogen-bond donors (Lipinski definition) is 1. The van der Waals surface area contributed by atoms with Gasteiger partial charge in [0.15, 0.2) is 5.13 Å². The molecule has 0 radical (unpaired) electrons. The Kier molecular flexibility index (Phi) is 6.80. The van der Waals surface area contributed by atoms with Crippen LogP contribution in [0.15, 0.2) is 36.7 Å². The predicted octanol–water partition coefficient (Wildman–Crippen LogP) is 5.34. The van der Waals surface area contributed by atoms with Crippen LogP contribution in [0.3, 0.4) is 0 Å². The first-order chi connectivity index (χ1) is 17.7. The number of nitrogens with one attached hydrogen (secondary N) is 1. The summed E-state index contributed by atoms with van der Waals surface area (Å²) in [5.41, 5.74) is 4.11. The van der Waals surface area contributed by atoms with Crippen molar-refractivity contribution in [3.05, 3.63) is 80.1 Å². The highest BCUT2D eigenvalue weighted by molar-refractivity contribution is 7.16. The topological polar surface area (TPSA) is 110 Å². The number of halogens is 2. The molecule has 0 saturated heterocycles. The Bertz CT molecular complexity index is 1530. The molecule has 0 spiro atoms. The second-order valence-corrected chi connectivity index (χ2v) is 10.2. The summed E-state index contributed by atoms with van der Waals surface area (Å²) in [6, 6.07) is 6.86. The van der Waals surface area contributed by atoms with Crippen molar-refractivity contribution >= 4 is 51.5 Å². The zero-order valence-electron chi connectivity index (χ0n) is 20.0. The number of aryl methyl sites for hydroxylation is 2. The number of thiazole rings is 1. The van der Waals surface area contributed by atoms with Crippen molar-refractivity contribution in [1.82, 2.24) is 24.8 Å². The number of fused-ring (bicyclic) bond motifs is 1. The average Bonchev–Trinajstić information content (AvgIpc) is 3.44. The fourth-order valence-electron chi connectivity index (χ4n) is 3.94. The molecule has 0 fully saturated rings. The van der Waals surface area contributed by atoms with Crippen molar-refractivity contribution in [2.75, 3.05) is 12.4 Å². The first-order valence-corrected chi connectivity index (χ1v) is 12.7. The molecule has 1 aliphatic heterocycles. The molecule has 4 aromatic rings. The molecule has 188 valence electrons. The fraction of sp³-hybridized carbons (Fsp3) is 0.200. The smallest absolute Gasteiger partial charge is 0.273 e. The highest BCUT2D eigenvalue weighted by Gasteiger charge is 2.29. The molecular formula is C25H20Cl2N6O3S. The normalized spacial score (nSPS) is 12.4. The molecular weight excluding hydrogens is 535 g/mol. The van der Waals surface area contributed by atoms with Gasteiger partial charge in [-0.2, -0.15) is 0 Å². The minimum absolute atomic E-state index is 0.224. The number of nitrogens with zero attached hydrogens (tertiary/aromatic N) is 5. The van der Waals surface area contributed by atoms with Crippen LogP contribution in [0, 0.1) is 13.8 Å². The maximum absolute atomic E-state index is 13.3. The molecule has 0 aliphatic carbocycles. The zero-order valence-corrected chi connectivity index (χ0v) is 22.3. The lowest BCUT2D eigenvalue weighted by molar-refractivity contribution is 0.0744. The lowest BCUT2D eigenvalue weighted by atomic mass is 10.0. The van der Waals surface area contributed by atoms with E-state index in [0.29, 0.717) is 45.8 Å². The summed E-state index contributed by atoms with van der Waals surface area (Å²) >= 11 is 13.5. The average molecular weight is 555 g/mol. The number of carbonyl (C=O) groups excluding carboxylic acids is 2. The molecule has 0 atom stereocenters. The van der Waals surface area contributed by atoms with Gasteiger partial charge < -0.3 is 9.64 Å². The number of anilines is 1. The quantitative estimate of drug-likeness (QED) is 0.331. The van der Waals surface area contributed by atoms with Crippen LogP contribution in [-0.4, -0.2) is 43.8 Å². The van der Waals surface area contributed by atoms with E-state index in [9.17, 15) is 9.59 Å². The Balaban J connectivity index is 1.35. The third kappa shape index (κ3) is 5.00. The largest absolute Gasteiger partial charge is 0.494 e. The molecule has 0 bridgehead atoms. The summed E-state index contributed by atoms with van der Waals surface area (Å²) in [6.07, 6.45) is 3.02. The second-order valence-electron chi connectivity index (χ2n) is 8.39. The van der Waals surface area contributed by atoms with Gasteiger partial charge >= 0.3 is 0 Å². The number of ether oxygens (including phenoxy) is 1. The third-order valence-corrected chi connectivity index (χ3v) is 7.43. The van der Waals surface area contributed by atoms with E-state index in [1.165, 1.54) is 30.8 Å². The van der Waals surface area contributed by atoms with Crippen molar-refractivity contribution in [3.63, 3.8) is 0 Å². The van der Waals surface area contributed by atoms with E-state index >= 15 is 0 Å². The minimum atomic E-state index is -0.378. The van der Waals surface area contributed by atoms with Gasteiger partial charge in [0, 0.05) is 23.0 Å². The number of carbonyl (C=O) groups is 2. The maximum atomic E-state index is 13.3. The van der Waals surface area contributed by atoms with Crippen LogP contribution in [0.2, 0.25) is 10.3 Å². The van der Waals surface area contributed by atoms with Crippen molar-refractivity contribution in [2.24, 2.45) is 0 Å². The van der Waals surface area contributed by atoms with Crippen molar-refractivity contribution < 1.29 is 14.3 Å². The number of rotatable bonds is 5. The van der Waals surface area contributed by atoms with E-state index in [4.69, 9.17) is 27.9 Å². The Morgan fingerprint density at radius 2 is 1.86 bits per heavy atom. The van der Waals surface area contributed by atoms with E-state index in [0.717, 1.165) is 21.8 Å². The van der Waals surface area contributed by atoms with Gasteiger partial charge in [-0.25, -0.2) is 15.0 Å². The van der Waals surface area contributed by atoms with Gasteiger partial charge in [-0.1, -0.05) is 40.6 Å². The molecule has 1 N–H and O–H groups in total. The van der Waals surface area contributed by atoms with E-state index in [2.05, 4.69) is 25.3 Å². The summed E-state index contributed by atoms with van der Waals surface area (Å²) in [4.78, 5) is 45.8. The van der Waals surface area contributed by atoms with Crippen LogP contribution in [0.25, 0.3) is 11.1 Å². The van der Waals surface area contributed by atoms with Gasteiger partial charge in [0.1, 0.15) is 21.7 Å². The lowest BCUT2D eigenvalue weighted by Crippen LogP contribution is -2.26. The molecule has 4 aromatic heterocycles. The van der Waals surface area contributed by atoms with Gasteiger partial charge in [-0.15, -0.1) is 0 Å². The lowest BCUT2D eigenvalue weighted by Gasteiger charge is -2.15. The van der Waals surface area contributed by atoms with E-state index in [1.807, 2.05) is 13.8 Å². The summed E-state index contributed by atoms with van der Waals surface area (Å²) in [5, 5.41) is 3.88. The van der Waals surface area contributed by atoms with Gasteiger partial charge in [0.2, 0.25) is 0 Å². The predicted molar refractivity (Wildman–Crippen MR) is 141 cm³/mol. The first kappa shape index (κ1) is 25.1. The summed E-state index contributed by atoms with van der Waals surface area (Å²) < 4.78 is 5.43. The minimum Gasteiger partial charge on any atom is -0.494 e. The van der Waals surface area contributed by atoms with Crippen LogP contribution >= 0.6 is 34.5 Å². The van der Waals surface area contributed by atoms with E-state index < -0.39 is 0 Å². The van der Waals surface area contributed by atoms with Gasteiger partial charge in [-0.3, -0.25) is 19.9 Å². The molecule has 37 heavy (non-hydrogen) atoms. The molecule has 0 saturated carbocycles. The van der Waals surface area contributed by atoms with Gasteiger partial charge in [-0.05, 0) is 37.6 Å². The fourth-order valence-corrected chi connectivity index (χ4v) is 5.23. The third-order valence-electron chi connectivity index (χ3n) is 5.84. The molecule has 5 rings (SSSR count). The number of hydrogen-bond acceptors (Lipinski definition) is 8. The summed E-state index contributed by atoms with van der Waals surface area (Å²) in [5.74, 6) is -0.124. The molecule has 9 nitrogen and oxygen atoms in total. The Labute approximate surface area is 226 Å². The zero-order chi connectivity index (χ0) is 26.3. The van der Waals surface area contributed by atoms with Gasteiger partial charge in [0.25, 0.3) is 11.8 Å².